The van der Waals surface area contributed by atoms with E-state index < -0.39 is 6.10 Å². The van der Waals surface area contributed by atoms with Crippen LogP contribution in [0.4, 0.5) is 0 Å². The molecule has 0 aliphatic carbocycles. The monoisotopic (exact) mass is 135 g/mol. The van der Waals surface area contributed by atoms with E-state index in [-0.39, 0.29) is 13.2 Å². The van der Waals surface area contributed by atoms with Crippen LogP contribution in [0.2, 0.25) is 0 Å². The molecule has 1 unspecified atom stereocenters. The number of hydrogen-bond acceptors (Lipinski definition) is 4. The molecule has 0 aromatic carbocycles. The van der Waals surface area contributed by atoms with Crippen molar-refractivity contribution in [2.45, 2.75) is 13.0 Å². The molecular weight excluding hydrogens is 122 g/mol. The Hall–Kier alpha value is -0.160. The molecular formula is C5H13NO3. The van der Waals surface area contributed by atoms with Crippen LogP contribution in [0.1, 0.15) is 6.92 Å². The zero-order valence-corrected chi connectivity index (χ0v) is 5.50. The summed E-state index contributed by atoms with van der Waals surface area (Å²) in [5, 5.41) is 16.9. The minimum atomic E-state index is -0.774. The van der Waals surface area contributed by atoms with Crippen LogP contribution in [0.5, 0.6) is 0 Å². The van der Waals surface area contributed by atoms with Gasteiger partial charge >= 0.3 is 0 Å². The van der Waals surface area contributed by atoms with Crippen LogP contribution in [-0.2, 0) is 4.84 Å². The Bertz CT molecular complexity index is 60.2. The molecule has 0 aliphatic rings. The van der Waals surface area contributed by atoms with E-state index >= 15 is 0 Å². The topological polar surface area (TPSA) is 61.7 Å². The van der Waals surface area contributed by atoms with Gasteiger partial charge in [-0.15, -0.1) is 0 Å². The Kier molecular flexibility index (Phi) is 5.86. The highest BCUT2D eigenvalue weighted by atomic mass is 16.6. The van der Waals surface area contributed by atoms with Crippen molar-refractivity contribution in [3.05, 3.63) is 0 Å². The first kappa shape index (κ1) is 8.84. The third kappa shape index (κ3) is 5.72. The zero-order chi connectivity index (χ0) is 7.11. The fraction of sp³-hybridized carbons (Fsp3) is 1.00. The smallest absolute Gasteiger partial charge is 0.102 e. The minimum Gasteiger partial charge on any atom is -0.394 e. The van der Waals surface area contributed by atoms with E-state index in [1.165, 1.54) is 0 Å². The Labute approximate surface area is 54.4 Å². The highest BCUT2D eigenvalue weighted by molar-refractivity contribution is 4.46. The number of hydrogen-bond donors (Lipinski definition) is 3. The molecule has 0 spiro atoms. The highest BCUT2D eigenvalue weighted by Crippen LogP contribution is 1.78. The van der Waals surface area contributed by atoms with Gasteiger partial charge in [-0.25, -0.2) is 5.48 Å². The highest BCUT2D eigenvalue weighted by Gasteiger charge is 1.99. The van der Waals surface area contributed by atoms with Gasteiger partial charge in [-0.2, -0.15) is 0 Å². The average Bonchev–Trinajstić information content (AvgIpc) is 1.89. The van der Waals surface area contributed by atoms with E-state index in [2.05, 4.69) is 10.3 Å². The van der Waals surface area contributed by atoms with Crippen molar-refractivity contribution < 1.29 is 15.1 Å². The van der Waals surface area contributed by atoms with Crippen LogP contribution in [0.25, 0.3) is 0 Å². The van der Waals surface area contributed by atoms with Crippen LogP contribution in [0, 0.1) is 0 Å². The second kappa shape index (κ2) is 5.97. The molecule has 0 aromatic heterocycles. The van der Waals surface area contributed by atoms with Crippen LogP contribution in [0.3, 0.4) is 0 Å². The van der Waals surface area contributed by atoms with Gasteiger partial charge in [0.25, 0.3) is 0 Å². The third-order valence-corrected chi connectivity index (χ3v) is 0.733. The normalized spacial score (nSPS) is 13.7. The lowest BCUT2D eigenvalue weighted by atomic mass is 10.4. The Balaban J connectivity index is 2.88. The molecule has 56 valence electrons. The summed E-state index contributed by atoms with van der Waals surface area (Å²) in [6.45, 7) is 2.44. The summed E-state index contributed by atoms with van der Waals surface area (Å²) < 4.78 is 0. The molecule has 4 heteroatoms. The van der Waals surface area contributed by atoms with Gasteiger partial charge in [-0.05, 0) is 0 Å². The predicted molar refractivity (Wildman–Crippen MR) is 32.7 cm³/mol. The van der Waals surface area contributed by atoms with E-state index in [4.69, 9.17) is 10.2 Å². The van der Waals surface area contributed by atoms with Crippen molar-refractivity contribution >= 4 is 0 Å². The molecule has 0 fully saturated rings. The molecule has 1 atom stereocenters. The molecule has 0 radical (unpaired) electrons. The van der Waals surface area contributed by atoms with Crippen LogP contribution in [0.15, 0.2) is 0 Å². The second-order valence-corrected chi connectivity index (χ2v) is 1.65. The van der Waals surface area contributed by atoms with Gasteiger partial charge < -0.3 is 10.2 Å². The molecule has 0 rings (SSSR count). The summed E-state index contributed by atoms with van der Waals surface area (Å²) in [5.41, 5.74) is 2.54. The van der Waals surface area contributed by atoms with E-state index in [0.29, 0.717) is 6.54 Å². The summed E-state index contributed by atoms with van der Waals surface area (Å²) >= 11 is 0. The maximum absolute atomic E-state index is 8.67. The van der Waals surface area contributed by atoms with Crippen molar-refractivity contribution in [2.24, 2.45) is 0 Å². The summed E-state index contributed by atoms with van der Waals surface area (Å²) in [4.78, 5) is 4.68. The van der Waals surface area contributed by atoms with Gasteiger partial charge in [-0.1, -0.05) is 6.92 Å². The molecule has 0 bridgehead atoms. The minimum absolute atomic E-state index is 0.129. The molecule has 0 heterocycles. The lowest BCUT2D eigenvalue weighted by molar-refractivity contribution is -0.0352. The quantitative estimate of drug-likeness (QED) is 0.330. The van der Waals surface area contributed by atoms with E-state index in [9.17, 15) is 0 Å². The number of rotatable bonds is 5. The van der Waals surface area contributed by atoms with Crippen LogP contribution >= 0.6 is 0 Å². The summed E-state index contributed by atoms with van der Waals surface area (Å²) in [6, 6.07) is 0. The maximum atomic E-state index is 8.67. The van der Waals surface area contributed by atoms with Crippen molar-refractivity contribution in [1.29, 1.82) is 0 Å². The summed E-state index contributed by atoms with van der Waals surface area (Å²) in [6.07, 6.45) is -0.774. The Morgan fingerprint density at radius 2 is 2.33 bits per heavy atom. The molecule has 0 aliphatic heterocycles. The molecule has 9 heavy (non-hydrogen) atoms. The van der Waals surface area contributed by atoms with Gasteiger partial charge in [0, 0.05) is 6.54 Å². The first-order valence-corrected chi connectivity index (χ1v) is 2.94. The van der Waals surface area contributed by atoms with Crippen molar-refractivity contribution in [3.8, 4) is 0 Å². The molecule has 3 N–H and O–H groups in total. The maximum Gasteiger partial charge on any atom is 0.102 e. The fourth-order valence-corrected chi connectivity index (χ4v) is 0.310. The van der Waals surface area contributed by atoms with Crippen molar-refractivity contribution in [3.63, 3.8) is 0 Å². The van der Waals surface area contributed by atoms with Crippen LogP contribution < -0.4 is 5.48 Å². The van der Waals surface area contributed by atoms with Gasteiger partial charge in [0.15, 0.2) is 0 Å². The molecule has 0 saturated heterocycles. The molecule has 0 amide bonds. The van der Waals surface area contributed by atoms with Gasteiger partial charge in [0.2, 0.25) is 0 Å². The van der Waals surface area contributed by atoms with Crippen LogP contribution in [-0.4, -0.2) is 36.1 Å². The molecule has 0 saturated carbocycles. The SMILES string of the molecule is CCNOCC(O)CO. The number of aliphatic hydroxyl groups excluding tert-OH is 2. The van der Waals surface area contributed by atoms with E-state index in [1.54, 1.807) is 0 Å². The molecule has 4 nitrogen and oxygen atoms in total. The standard InChI is InChI=1S/C5H13NO3/c1-2-6-9-4-5(8)3-7/h5-8H,2-4H2,1H3. The largest absolute Gasteiger partial charge is 0.394 e. The number of aliphatic hydroxyl groups is 2. The van der Waals surface area contributed by atoms with Crippen molar-refractivity contribution in [2.75, 3.05) is 19.8 Å². The lowest BCUT2D eigenvalue weighted by Crippen LogP contribution is -2.25. The first-order valence-electron chi connectivity index (χ1n) is 2.94. The summed E-state index contributed by atoms with van der Waals surface area (Å²) in [7, 11) is 0. The average molecular weight is 135 g/mol. The molecule has 0 aromatic rings. The second-order valence-electron chi connectivity index (χ2n) is 1.65. The van der Waals surface area contributed by atoms with Crippen molar-refractivity contribution in [1.82, 2.24) is 5.48 Å². The Morgan fingerprint density at radius 3 is 2.78 bits per heavy atom. The zero-order valence-electron chi connectivity index (χ0n) is 5.50. The number of nitrogens with one attached hydrogen (secondary N) is 1. The predicted octanol–water partition coefficient (Wildman–Crippen LogP) is -1.12. The fourth-order valence-electron chi connectivity index (χ4n) is 0.310. The number of hydroxylamine groups is 1. The third-order valence-electron chi connectivity index (χ3n) is 0.733. The lowest BCUT2D eigenvalue weighted by Gasteiger charge is -2.06. The Morgan fingerprint density at radius 1 is 1.67 bits per heavy atom. The summed E-state index contributed by atoms with van der Waals surface area (Å²) in [5.74, 6) is 0. The van der Waals surface area contributed by atoms with Gasteiger partial charge in [0.1, 0.15) is 6.10 Å². The van der Waals surface area contributed by atoms with Gasteiger partial charge in [0.05, 0.1) is 13.2 Å². The van der Waals surface area contributed by atoms with E-state index in [0.717, 1.165) is 0 Å². The van der Waals surface area contributed by atoms with E-state index in [1.807, 2.05) is 6.92 Å². The first-order chi connectivity index (χ1) is 4.31. The van der Waals surface area contributed by atoms with Gasteiger partial charge in [-0.3, -0.25) is 4.84 Å².